The van der Waals surface area contributed by atoms with Crippen LogP contribution in [-0.2, 0) is 14.4 Å². The van der Waals surface area contributed by atoms with Crippen molar-refractivity contribution in [2.75, 3.05) is 18.5 Å². The van der Waals surface area contributed by atoms with Gasteiger partial charge in [-0.1, -0.05) is 49.7 Å². The van der Waals surface area contributed by atoms with Crippen molar-refractivity contribution in [1.29, 1.82) is 0 Å². The van der Waals surface area contributed by atoms with Crippen molar-refractivity contribution in [3.63, 3.8) is 0 Å². The summed E-state index contributed by atoms with van der Waals surface area (Å²) in [6.45, 7) is 15.1. The van der Waals surface area contributed by atoms with E-state index in [-0.39, 0.29) is 34.9 Å². The Bertz CT molecular complexity index is 1550. The van der Waals surface area contributed by atoms with Gasteiger partial charge in [0, 0.05) is 63.6 Å². The molecule has 8 heteroatoms. The first kappa shape index (κ1) is 31.7. The van der Waals surface area contributed by atoms with E-state index in [9.17, 15) is 14.4 Å². The maximum atomic E-state index is 14.1. The summed E-state index contributed by atoms with van der Waals surface area (Å²) in [4.78, 5) is 43.4. The number of carbonyl (C=O) groups is 3. The maximum absolute atomic E-state index is 14.1. The molecule has 1 heterocycles. The molecule has 0 fully saturated rings. The van der Waals surface area contributed by atoms with Gasteiger partial charge >= 0.3 is 0 Å². The minimum atomic E-state index is -0.577. The Labute approximate surface area is 271 Å². The lowest BCUT2D eigenvalue weighted by Gasteiger charge is -2.49. The first-order chi connectivity index (χ1) is 20.1. The number of halogens is 2. The van der Waals surface area contributed by atoms with Crippen LogP contribution in [0.3, 0.4) is 0 Å². The SMILES string of the molecule is CCN1C2=C(C(=O)CC(C)(C)C2)C(c2cc(Br)cc(Br)c2OCC(=O)Nc2ccc(C)c(C)c2)C2=C1CC(C)(C)CC2=O. The van der Waals surface area contributed by atoms with Crippen molar-refractivity contribution >= 4 is 55.0 Å². The Kier molecular flexibility index (Phi) is 8.60. The fourth-order valence-electron chi connectivity index (χ4n) is 6.84. The molecule has 0 unspecified atom stereocenters. The topological polar surface area (TPSA) is 75.7 Å². The van der Waals surface area contributed by atoms with E-state index >= 15 is 0 Å². The quantitative estimate of drug-likeness (QED) is 0.325. The fourth-order valence-corrected chi connectivity index (χ4v) is 8.21. The number of rotatable bonds is 6. The van der Waals surface area contributed by atoms with Crippen LogP contribution in [0.1, 0.15) is 82.9 Å². The number of benzene rings is 2. The van der Waals surface area contributed by atoms with Crippen LogP contribution in [0.25, 0.3) is 0 Å². The van der Waals surface area contributed by atoms with Crippen LogP contribution in [-0.4, -0.2) is 35.5 Å². The predicted octanol–water partition coefficient (Wildman–Crippen LogP) is 8.55. The van der Waals surface area contributed by atoms with Crippen LogP contribution in [0.15, 0.2) is 61.8 Å². The van der Waals surface area contributed by atoms with Gasteiger partial charge in [-0.15, -0.1) is 0 Å². The average Bonchev–Trinajstić information content (AvgIpc) is 2.87. The molecule has 43 heavy (non-hydrogen) atoms. The summed E-state index contributed by atoms with van der Waals surface area (Å²) in [5.74, 6) is -0.286. The van der Waals surface area contributed by atoms with Crippen molar-refractivity contribution in [3.8, 4) is 5.75 Å². The minimum absolute atomic E-state index is 0.0633. The summed E-state index contributed by atoms with van der Waals surface area (Å²) in [5, 5.41) is 2.92. The summed E-state index contributed by atoms with van der Waals surface area (Å²) in [5.41, 5.74) is 6.64. The number of ketones is 2. The number of hydrogen-bond acceptors (Lipinski definition) is 5. The summed E-state index contributed by atoms with van der Waals surface area (Å²) in [7, 11) is 0. The van der Waals surface area contributed by atoms with Gasteiger partial charge in [-0.2, -0.15) is 0 Å². The Balaban J connectivity index is 1.61. The van der Waals surface area contributed by atoms with Gasteiger partial charge in [0.1, 0.15) is 5.75 Å². The van der Waals surface area contributed by atoms with Crippen LogP contribution < -0.4 is 10.1 Å². The zero-order chi connectivity index (χ0) is 31.4. The van der Waals surface area contributed by atoms with Gasteiger partial charge in [0.15, 0.2) is 18.2 Å². The number of hydrogen-bond donors (Lipinski definition) is 1. The Hall–Kier alpha value is -2.71. The third kappa shape index (κ3) is 6.28. The van der Waals surface area contributed by atoms with E-state index < -0.39 is 5.92 Å². The normalized spacial score (nSPS) is 19.8. The van der Waals surface area contributed by atoms with Gasteiger partial charge < -0.3 is 15.0 Å². The zero-order valence-corrected chi connectivity index (χ0v) is 29.2. The monoisotopic (exact) mass is 710 g/mol. The number of anilines is 1. The highest BCUT2D eigenvalue weighted by Gasteiger charge is 2.49. The highest BCUT2D eigenvalue weighted by molar-refractivity contribution is 9.11. The lowest BCUT2D eigenvalue weighted by Crippen LogP contribution is -2.44. The van der Waals surface area contributed by atoms with Crippen molar-refractivity contribution in [1.82, 2.24) is 4.90 Å². The largest absolute Gasteiger partial charge is 0.482 e. The van der Waals surface area contributed by atoms with E-state index in [1.54, 1.807) is 0 Å². The standard InChI is InChI=1S/C35H40Br2N2O4/c1-8-39-25-14-34(4,5)16-27(40)31(25)30(32-26(39)15-35(6,7)17-28(32)41)23-12-21(36)13-24(37)33(23)43-18-29(42)38-22-10-9-19(2)20(3)11-22/h9-13,30H,8,14-18H2,1-7H3,(H,38,42). The zero-order valence-electron chi connectivity index (χ0n) is 26.0. The van der Waals surface area contributed by atoms with Crippen LogP contribution in [0.5, 0.6) is 5.75 Å². The summed E-state index contributed by atoms with van der Waals surface area (Å²) in [6.07, 6.45) is 2.30. The smallest absolute Gasteiger partial charge is 0.262 e. The second-order valence-corrected chi connectivity index (χ2v) is 15.5. The van der Waals surface area contributed by atoms with Crippen molar-refractivity contribution in [3.05, 3.63) is 78.5 Å². The van der Waals surface area contributed by atoms with Crippen molar-refractivity contribution in [2.45, 2.75) is 80.1 Å². The molecule has 2 aromatic carbocycles. The Morgan fingerprint density at radius 2 is 1.49 bits per heavy atom. The van der Waals surface area contributed by atoms with E-state index in [4.69, 9.17) is 4.74 Å². The molecule has 2 aromatic rings. The van der Waals surface area contributed by atoms with Crippen molar-refractivity contribution in [2.24, 2.45) is 10.8 Å². The average molecular weight is 713 g/mol. The second-order valence-electron chi connectivity index (χ2n) is 13.7. The number of ether oxygens (including phenoxy) is 1. The van der Waals surface area contributed by atoms with Crippen molar-refractivity contribution < 1.29 is 19.1 Å². The number of Topliss-reactive ketones (excluding diaryl/α,β-unsaturated/α-hetero) is 2. The third-order valence-corrected chi connectivity index (χ3v) is 9.87. The molecule has 0 saturated carbocycles. The highest BCUT2D eigenvalue weighted by Crippen LogP contribution is 2.56. The van der Waals surface area contributed by atoms with Gasteiger partial charge in [0.25, 0.3) is 5.91 Å². The van der Waals surface area contributed by atoms with Crippen LogP contribution in [0, 0.1) is 24.7 Å². The Morgan fingerprint density at radius 3 is 2.02 bits per heavy atom. The lowest BCUT2D eigenvalue weighted by atomic mass is 9.63. The van der Waals surface area contributed by atoms with Gasteiger partial charge in [-0.25, -0.2) is 0 Å². The second kappa shape index (κ2) is 11.7. The predicted molar refractivity (Wildman–Crippen MR) is 177 cm³/mol. The molecular weight excluding hydrogens is 672 g/mol. The molecule has 0 saturated heterocycles. The first-order valence-corrected chi connectivity index (χ1v) is 16.5. The lowest BCUT2D eigenvalue weighted by molar-refractivity contribution is -0.120. The number of aryl methyl sites for hydroxylation is 2. The maximum Gasteiger partial charge on any atom is 0.262 e. The molecular formula is C35H40Br2N2O4. The van der Waals surface area contributed by atoms with E-state index in [2.05, 4.69) is 76.7 Å². The van der Waals surface area contributed by atoms with E-state index in [0.717, 1.165) is 39.8 Å². The molecule has 0 atom stereocenters. The van der Waals surface area contributed by atoms with Gasteiger partial charge in [0.2, 0.25) is 0 Å². The molecule has 1 amide bonds. The fraction of sp³-hybridized carbons (Fsp3) is 0.457. The third-order valence-electron chi connectivity index (χ3n) is 8.82. The number of amides is 1. The van der Waals surface area contributed by atoms with Crippen LogP contribution in [0.4, 0.5) is 5.69 Å². The molecule has 1 aliphatic heterocycles. The molecule has 3 aliphatic rings. The number of nitrogens with one attached hydrogen (secondary N) is 1. The number of allylic oxidation sites excluding steroid dienone is 4. The van der Waals surface area contributed by atoms with Gasteiger partial charge in [-0.3, -0.25) is 14.4 Å². The first-order valence-electron chi connectivity index (χ1n) is 14.9. The van der Waals surface area contributed by atoms with E-state index in [1.165, 1.54) is 0 Å². The molecule has 228 valence electrons. The minimum Gasteiger partial charge on any atom is -0.482 e. The number of carbonyl (C=O) groups excluding carboxylic acids is 3. The molecule has 0 radical (unpaired) electrons. The molecule has 0 spiro atoms. The Morgan fingerprint density at radius 1 is 0.907 bits per heavy atom. The summed E-state index contributed by atoms with van der Waals surface area (Å²) >= 11 is 7.31. The van der Waals surface area contributed by atoms with Crippen LogP contribution >= 0.6 is 31.9 Å². The molecule has 6 nitrogen and oxygen atoms in total. The van der Waals surface area contributed by atoms with Gasteiger partial charge in [-0.05, 0) is 95.8 Å². The van der Waals surface area contributed by atoms with E-state index in [1.807, 2.05) is 44.2 Å². The molecule has 5 rings (SSSR count). The molecule has 0 bridgehead atoms. The van der Waals surface area contributed by atoms with E-state index in [0.29, 0.717) is 52.0 Å². The summed E-state index contributed by atoms with van der Waals surface area (Å²) < 4.78 is 7.70. The van der Waals surface area contributed by atoms with Gasteiger partial charge in [0.05, 0.1) is 4.47 Å². The summed E-state index contributed by atoms with van der Waals surface area (Å²) in [6, 6.07) is 9.58. The molecule has 1 N–H and O–H groups in total. The molecule has 2 aliphatic carbocycles. The van der Waals surface area contributed by atoms with Crippen LogP contribution in [0.2, 0.25) is 0 Å². The molecule has 0 aromatic heterocycles. The number of nitrogens with zero attached hydrogens (tertiary/aromatic N) is 1. The highest BCUT2D eigenvalue weighted by atomic mass is 79.9.